The molecule has 1 aromatic heterocycles. The summed E-state index contributed by atoms with van der Waals surface area (Å²) in [4.78, 5) is 0. The average Bonchev–Trinajstić information content (AvgIpc) is 2.88. The molecule has 0 saturated carbocycles. The maximum absolute atomic E-state index is 9.60. The summed E-state index contributed by atoms with van der Waals surface area (Å²) in [5, 5.41) is 19.7. The van der Waals surface area contributed by atoms with Crippen molar-refractivity contribution in [3.05, 3.63) is 0 Å². The van der Waals surface area contributed by atoms with Crippen LogP contribution in [0.4, 0.5) is 0 Å². The summed E-state index contributed by atoms with van der Waals surface area (Å²) < 4.78 is 5.63. The van der Waals surface area contributed by atoms with E-state index in [1.165, 1.54) is 0 Å². The largest absolute Gasteiger partial charge is 0.491 e. The van der Waals surface area contributed by atoms with Crippen molar-refractivity contribution in [1.29, 1.82) is 0 Å². The minimum atomic E-state index is -1.95. The van der Waals surface area contributed by atoms with Gasteiger partial charge in [-0.1, -0.05) is 16.4 Å². The van der Waals surface area contributed by atoms with Crippen LogP contribution in [0.3, 0.4) is 0 Å². The molecule has 0 aliphatic rings. The molecule has 0 saturated heterocycles. The molecule has 3 aromatic rings. The molecule has 2 aromatic carbocycles. The lowest BCUT2D eigenvalue weighted by Gasteiger charge is -2.15. The van der Waals surface area contributed by atoms with Gasteiger partial charge in [-0.05, 0) is 0 Å². The van der Waals surface area contributed by atoms with Gasteiger partial charge in [0.2, 0.25) is 0 Å². The first kappa shape index (κ1) is 16.5. The van der Waals surface area contributed by atoms with Crippen molar-refractivity contribution in [2.75, 3.05) is 0 Å². The first-order valence-electron chi connectivity index (χ1n) is 6.48. The highest BCUT2D eigenvalue weighted by Gasteiger charge is 2.26. The van der Waals surface area contributed by atoms with Gasteiger partial charge in [-0.15, -0.1) is 21.9 Å². The van der Waals surface area contributed by atoms with Crippen LogP contribution in [-0.4, -0.2) is 72.1 Å². The van der Waals surface area contributed by atoms with Gasteiger partial charge in [-0.2, -0.15) is 0 Å². The van der Waals surface area contributed by atoms with Crippen molar-refractivity contribution in [1.82, 2.24) is 0 Å². The Kier molecular flexibility index (Phi) is 3.85. The molecule has 0 aliphatic carbocycles. The van der Waals surface area contributed by atoms with Crippen LogP contribution < -0.4 is 43.7 Å². The van der Waals surface area contributed by atoms with Crippen molar-refractivity contribution in [3.8, 4) is 0 Å². The number of hydrogen-bond acceptors (Lipinski definition) is 3. The Morgan fingerprint density at radius 1 is 0.565 bits per heavy atom. The van der Waals surface area contributed by atoms with E-state index in [4.69, 9.17) is 59.3 Å². The van der Waals surface area contributed by atoms with Gasteiger partial charge in [-0.25, -0.2) is 0 Å². The van der Waals surface area contributed by atoms with Crippen LogP contribution in [-0.2, 0) is 0 Å². The van der Waals surface area contributed by atoms with Crippen molar-refractivity contribution in [3.63, 3.8) is 0 Å². The van der Waals surface area contributed by atoms with E-state index < -0.39 is 7.12 Å². The van der Waals surface area contributed by atoms with E-state index in [9.17, 15) is 10.0 Å². The van der Waals surface area contributed by atoms with E-state index in [1.807, 2.05) is 0 Å². The molecule has 0 amide bonds. The van der Waals surface area contributed by atoms with Gasteiger partial charge in [0.05, 0.1) is 0 Å². The Morgan fingerprint density at radius 2 is 1.00 bits per heavy atom. The molecule has 14 radical (unpaired) electrons. The number of rotatable bonds is 1. The normalized spacial score (nSPS) is 11.4. The van der Waals surface area contributed by atoms with Crippen molar-refractivity contribution < 1.29 is 14.5 Å². The van der Waals surface area contributed by atoms with E-state index in [2.05, 4.69) is 0 Å². The summed E-state index contributed by atoms with van der Waals surface area (Å²) in [6, 6.07) is 0. The van der Waals surface area contributed by atoms with Crippen LogP contribution in [0.25, 0.3) is 21.9 Å². The minimum absolute atomic E-state index is 0.00241. The molecular formula is C12H2B8O3. The Balaban J connectivity index is 2.72. The van der Waals surface area contributed by atoms with E-state index in [1.54, 1.807) is 0 Å². The Bertz CT molecular complexity index is 978. The number of hydrogen-bond donors (Lipinski definition) is 2. The molecule has 0 spiro atoms. The summed E-state index contributed by atoms with van der Waals surface area (Å²) >= 11 is 0. The number of furan rings is 1. The Labute approximate surface area is 142 Å². The van der Waals surface area contributed by atoms with E-state index in [0.29, 0.717) is 0 Å². The second-order valence-electron chi connectivity index (χ2n) is 5.19. The highest BCUT2D eigenvalue weighted by molar-refractivity contribution is 6.75. The van der Waals surface area contributed by atoms with Gasteiger partial charge in [-0.3, -0.25) is 0 Å². The first-order chi connectivity index (χ1) is 10.7. The van der Waals surface area contributed by atoms with Crippen LogP contribution in [0.15, 0.2) is 4.42 Å². The molecule has 0 unspecified atom stereocenters. The summed E-state index contributed by atoms with van der Waals surface area (Å²) in [6.45, 7) is 0. The van der Waals surface area contributed by atoms with E-state index in [-0.39, 0.29) is 65.6 Å². The molecule has 92 valence electrons. The van der Waals surface area contributed by atoms with Gasteiger partial charge in [0, 0.05) is 16.2 Å². The zero-order valence-electron chi connectivity index (χ0n) is 11.9. The van der Waals surface area contributed by atoms with Gasteiger partial charge >= 0.3 is 7.12 Å². The van der Waals surface area contributed by atoms with Crippen molar-refractivity contribution in [2.24, 2.45) is 0 Å². The molecule has 11 heteroatoms. The topological polar surface area (TPSA) is 53.6 Å². The molecule has 3 nitrogen and oxygen atoms in total. The van der Waals surface area contributed by atoms with Crippen molar-refractivity contribution in [2.45, 2.75) is 0 Å². The zero-order valence-corrected chi connectivity index (χ0v) is 11.9. The smallest absolute Gasteiger partial charge is 0.457 e. The third-order valence-corrected chi connectivity index (χ3v) is 3.94. The molecule has 3 rings (SSSR count). The number of fused-ring (bicyclic) bond motifs is 3. The van der Waals surface area contributed by atoms with Crippen LogP contribution in [0.1, 0.15) is 0 Å². The van der Waals surface area contributed by atoms with Crippen LogP contribution in [0.5, 0.6) is 0 Å². The predicted octanol–water partition coefficient (Wildman–Crippen LogP) is -7.18. The van der Waals surface area contributed by atoms with Gasteiger partial charge in [0.1, 0.15) is 66.1 Å². The molecule has 2 N–H and O–H groups in total. The minimum Gasteiger partial charge on any atom is -0.457 e. The molecule has 0 bridgehead atoms. The summed E-state index contributed by atoms with van der Waals surface area (Å²) in [7, 11) is 39.3. The molecule has 0 fully saturated rings. The van der Waals surface area contributed by atoms with Gasteiger partial charge in [0.25, 0.3) is 0 Å². The lowest BCUT2D eigenvalue weighted by molar-refractivity contribution is 0.426. The molecule has 1 heterocycles. The van der Waals surface area contributed by atoms with Crippen molar-refractivity contribution >= 4 is 128 Å². The van der Waals surface area contributed by atoms with Crippen LogP contribution in [0.2, 0.25) is 0 Å². The van der Waals surface area contributed by atoms with Gasteiger partial charge < -0.3 is 14.5 Å². The Hall–Kier alpha value is -1.32. The standard InChI is InChI=1S/C12H2B8O3/c13-3-1-2-4(14)6(16)8(18)10(20(21)22)12(2)23-11(1)9(19)7(17)5(3)15/h21-22H. The summed E-state index contributed by atoms with van der Waals surface area (Å²) in [5.74, 6) is 0. The highest BCUT2D eigenvalue weighted by atomic mass is 16.4. The van der Waals surface area contributed by atoms with E-state index >= 15 is 0 Å². The third-order valence-electron chi connectivity index (χ3n) is 3.94. The quantitative estimate of drug-likeness (QED) is 0.436. The second-order valence-corrected chi connectivity index (χ2v) is 5.19. The fraction of sp³-hybridized carbons (Fsp3) is 0. The number of benzene rings is 2. The Morgan fingerprint density at radius 3 is 1.52 bits per heavy atom. The fourth-order valence-electron chi connectivity index (χ4n) is 2.68. The third kappa shape index (κ3) is 2.10. The molecular weight excluding hydrogens is 279 g/mol. The second kappa shape index (κ2) is 5.35. The zero-order chi connectivity index (χ0) is 17.2. The summed E-state index contributed by atoms with van der Waals surface area (Å²) in [5.41, 5.74) is 0.176. The monoisotopic (exact) mass is 282 g/mol. The summed E-state index contributed by atoms with van der Waals surface area (Å²) in [6.07, 6.45) is 0. The van der Waals surface area contributed by atoms with Crippen LogP contribution in [0, 0.1) is 0 Å². The van der Waals surface area contributed by atoms with Gasteiger partial charge in [0.15, 0.2) is 0 Å². The van der Waals surface area contributed by atoms with Crippen LogP contribution >= 0.6 is 0 Å². The maximum atomic E-state index is 9.60. The maximum Gasteiger partial charge on any atom is 0.491 e. The fourth-order valence-corrected chi connectivity index (χ4v) is 2.68. The lowest BCUT2D eigenvalue weighted by Crippen LogP contribution is -2.53. The first-order valence-corrected chi connectivity index (χ1v) is 6.48. The SMILES string of the molecule is [B]c1c([B])c([B])c2c(oc3c(B(O)O)c([B])c([B])c([B])c32)c1[B]. The highest BCUT2D eigenvalue weighted by Crippen LogP contribution is 2.21. The van der Waals surface area contributed by atoms with E-state index in [0.717, 1.165) is 0 Å². The molecule has 23 heavy (non-hydrogen) atoms. The lowest BCUT2D eigenvalue weighted by atomic mass is 9.61. The average molecular weight is 281 g/mol. The predicted molar refractivity (Wildman–Crippen MR) is 101 cm³/mol. The molecule has 0 aliphatic heterocycles. The molecule has 0 atom stereocenters.